The molecule has 0 radical (unpaired) electrons. The molecule has 0 aromatic carbocycles. The van der Waals surface area contributed by atoms with Gasteiger partial charge in [-0.1, -0.05) is 6.92 Å². The van der Waals surface area contributed by atoms with Crippen LogP contribution in [0, 0.1) is 0 Å². The standard InChI is InChI=1S/C11H15N3O/c1-2-5-14-8-9(7-13-14)11-4-3-10(6-12)15-11/h3-4,7-8H,2,5-6,12H2,1H3. The third-order valence-corrected chi connectivity index (χ3v) is 2.23. The van der Waals surface area contributed by atoms with Crippen molar-refractivity contribution in [2.75, 3.05) is 0 Å². The van der Waals surface area contributed by atoms with Crippen molar-refractivity contribution in [1.29, 1.82) is 0 Å². The van der Waals surface area contributed by atoms with E-state index in [1.165, 1.54) is 0 Å². The molecule has 2 N–H and O–H groups in total. The summed E-state index contributed by atoms with van der Waals surface area (Å²) < 4.78 is 7.45. The molecule has 0 saturated heterocycles. The number of nitrogens with two attached hydrogens (primary N) is 1. The van der Waals surface area contributed by atoms with Gasteiger partial charge in [0.05, 0.1) is 18.3 Å². The van der Waals surface area contributed by atoms with Crippen molar-refractivity contribution >= 4 is 0 Å². The van der Waals surface area contributed by atoms with Crippen molar-refractivity contribution in [3.8, 4) is 11.3 Å². The average molecular weight is 205 g/mol. The van der Waals surface area contributed by atoms with Crippen LogP contribution in [-0.4, -0.2) is 9.78 Å². The van der Waals surface area contributed by atoms with E-state index in [0.29, 0.717) is 6.54 Å². The van der Waals surface area contributed by atoms with Gasteiger partial charge in [-0.15, -0.1) is 0 Å². The van der Waals surface area contributed by atoms with E-state index in [0.717, 1.165) is 30.0 Å². The highest BCUT2D eigenvalue weighted by Gasteiger charge is 2.05. The van der Waals surface area contributed by atoms with Crippen LogP contribution in [0.15, 0.2) is 28.9 Å². The topological polar surface area (TPSA) is 57.0 Å². The van der Waals surface area contributed by atoms with Gasteiger partial charge >= 0.3 is 0 Å². The zero-order chi connectivity index (χ0) is 10.7. The Kier molecular flexibility index (Phi) is 2.87. The van der Waals surface area contributed by atoms with Crippen LogP contribution in [-0.2, 0) is 13.1 Å². The number of hydrogen-bond acceptors (Lipinski definition) is 3. The van der Waals surface area contributed by atoms with Crippen LogP contribution in [0.1, 0.15) is 19.1 Å². The van der Waals surface area contributed by atoms with E-state index in [4.69, 9.17) is 10.2 Å². The van der Waals surface area contributed by atoms with Gasteiger partial charge in [0.25, 0.3) is 0 Å². The number of nitrogens with zero attached hydrogens (tertiary/aromatic N) is 2. The molecule has 0 atom stereocenters. The molecule has 0 spiro atoms. The Labute approximate surface area is 88.7 Å². The lowest BCUT2D eigenvalue weighted by Gasteiger charge is -1.94. The Morgan fingerprint density at radius 2 is 2.33 bits per heavy atom. The predicted octanol–water partition coefficient (Wildman–Crippen LogP) is 2.01. The Hall–Kier alpha value is -1.55. The maximum Gasteiger partial charge on any atom is 0.137 e. The van der Waals surface area contributed by atoms with Crippen LogP contribution in [0.4, 0.5) is 0 Å². The van der Waals surface area contributed by atoms with Crippen LogP contribution >= 0.6 is 0 Å². The molecule has 4 heteroatoms. The highest BCUT2D eigenvalue weighted by Crippen LogP contribution is 2.21. The molecule has 0 saturated carbocycles. The number of rotatable bonds is 4. The SMILES string of the molecule is CCCn1cc(-c2ccc(CN)o2)cn1. The first kappa shape index (κ1) is 9.98. The molecule has 80 valence electrons. The molecule has 2 heterocycles. The summed E-state index contributed by atoms with van der Waals surface area (Å²) in [6.45, 7) is 3.49. The monoisotopic (exact) mass is 205 g/mol. The van der Waals surface area contributed by atoms with E-state index < -0.39 is 0 Å². The largest absolute Gasteiger partial charge is 0.460 e. The van der Waals surface area contributed by atoms with Crippen LogP contribution < -0.4 is 5.73 Å². The summed E-state index contributed by atoms with van der Waals surface area (Å²) in [5.74, 6) is 1.63. The number of aromatic nitrogens is 2. The zero-order valence-electron chi connectivity index (χ0n) is 8.81. The van der Waals surface area contributed by atoms with Crippen molar-refractivity contribution in [2.45, 2.75) is 26.4 Å². The number of hydrogen-bond donors (Lipinski definition) is 1. The fourth-order valence-electron chi connectivity index (χ4n) is 1.48. The Morgan fingerprint density at radius 1 is 1.47 bits per heavy atom. The molecule has 0 amide bonds. The average Bonchev–Trinajstić information content (AvgIpc) is 2.85. The van der Waals surface area contributed by atoms with E-state index in [2.05, 4.69) is 12.0 Å². The van der Waals surface area contributed by atoms with E-state index >= 15 is 0 Å². The summed E-state index contributed by atoms with van der Waals surface area (Å²) in [7, 11) is 0. The molecular formula is C11H15N3O. The van der Waals surface area contributed by atoms with Gasteiger partial charge in [0.15, 0.2) is 0 Å². The zero-order valence-corrected chi connectivity index (χ0v) is 8.81. The second-order valence-electron chi connectivity index (χ2n) is 3.46. The van der Waals surface area contributed by atoms with E-state index in [-0.39, 0.29) is 0 Å². The van der Waals surface area contributed by atoms with Gasteiger partial charge in [-0.3, -0.25) is 4.68 Å². The van der Waals surface area contributed by atoms with Crippen LogP contribution in [0.25, 0.3) is 11.3 Å². The molecule has 0 aliphatic heterocycles. The van der Waals surface area contributed by atoms with Gasteiger partial charge in [0, 0.05) is 12.7 Å². The van der Waals surface area contributed by atoms with Gasteiger partial charge in [0.1, 0.15) is 11.5 Å². The second-order valence-corrected chi connectivity index (χ2v) is 3.46. The molecule has 0 fully saturated rings. The number of aryl methyl sites for hydroxylation is 1. The first-order valence-corrected chi connectivity index (χ1v) is 5.15. The van der Waals surface area contributed by atoms with E-state index in [1.807, 2.05) is 29.2 Å². The maximum absolute atomic E-state index is 5.53. The number of furan rings is 1. The molecule has 2 aromatic heterocycles. The van der Waals surface area contributed by atoms with Crippen molar-refractivity contribution in [3.05, 3.63) is 30.3 Å². The lowest BCUT2D eigenvalue weighted by Crippen LogP contribution is -1.95. The Balaban J connectivity index is 2.21. The van der Waals surface area contributed by atoms with Crippen molar-refractivity contribution in [2.24, 2.45) is 5.73 Å². The van der Waals surface area contributed by atoms with Crippen molar-refractivity contribution in [3.63, 3.8) is 0 Å². The molecule has 2 aromatic rings. The minimum Gasteiger partial charge on any atom is -0.460 e. The van der Waals surface area contributed by atoms with Crippen LogP contribution in [0.2, 0.25) is 0 Å². The minimum atomic E-state index is 0.434. The molecule has 15 heavy (non-hydrogen) atoms. The van der Waals surface area contributed by atoms with Gasteiger partial charge in [-0.2, -0.15) is 5.10 Å². The summed E-state index contributed by atoms with van der Waals surface area (Å²) in [5.41, 5.74) is 6.48. The lowest BCUT2D eigenvalue weighted by molar-refractivity contribution is 0.525. The van der Waals surface area contributed by atoms with Gasteiger partial charge in [0.2, 0.25) is 0 Å². The molecule has 0 aliphatic rings. The first-order valence-electron chi connectivity index (χ1n) is 5.15. The van der Waals surface area contributed by atoms with Crippen LogP contribution in [0.5, 0.6) is 0 Å². The van der Waals surface area contributed by atoms with Crippen molar-refractivity contribution < 1.29 is 4.42 Å². The maximum atomic E-state index is 5.53. The van der Waals surface area contributed by atoms with Crippen molar-refractivity contribution in [1.82, 2.24) is 9.78 Å². The summed E-state index contributed by atoms with van der Waals surface area (Å²) >= 11 is 0. The van der Waals surface area contributed by atoms with E-state index in [9.17, 15) is 0 Å². The summed E-state index contributed by atoms with van der Waals surface area (Å²) in [6, 6.07) is 3.82. The van der Waals surface area contributed by atoms with E-state index in [1.54, 1.807) is 0 Å². The quantitative estimate of drug-likeness (QED) is 0.830. The fourth-order valence-corrected chi connectivity index (χ4v) is 1.48. The molecular weight excluding hydrogens is 190 g/mol. The van der Waals surface area contributed by atoms with Gasteiger partial charge in [-0.05, 0) is 18.6 Å². The van der Waals surface area contributed by atoms with Crippen LogP contribution in [0.3, 0.4) is 0 Å². The molecule has 0 aliphatic carbocycles. The molecule has 0 bridgehead atoms. The summed E-state index contributed by atoms with van der Waals surface area (Å²) in [6.07, 6.45) is 4.88. The normalized spacial score (nSPS) is 10.8. The van der Waals surface area contributed by atoms with Gasteiger partial charge in [-0.25, -0.2) is 0 Å². The summed E-state index contributed by atoms with van der Waals surface area (Å²) in [5, 5.41) is 4.24. The Bertz CT molecular complexity index is 430. The molecule has 0 unspecified atom stereocenters. The summed E-state index contributed by atoms with van der Waals surface area (Å²) in [4.78, 5) is 0. The predicted molar refractivity (Wildman–Crippen MR) is 58.1 cm³/mol. The second kappa shape index (κ2) is 4.31. The fraction of sp³-hybridized carbons (Fsp3) is 0.364. The third-order valence-electron chi connectivity index (χ3n) is 2.23. The lowest BCUT2D eigenvalue weighted by atomic mass is 10.3. The Morgan fingerprint density at radius 3 is 3.00 bits per heavy atom. The molecule has 4 nitrogen and oxygen atoms in total. The highest BCUT2D eigenvalue weighted by molar-refractivity contribution is 5.55. The molecule has 2 rings (SSSR count). The third kappa shape index (κ3) is 2.10. The van der Waals surface area contributed by atoms with Gasteiger partial charge < -0.3 is 10.2 Å². The first-order chi connectivity index (χ1) is 7.33. The highest BCUT2D eigenvalue weighted by atomic mass is 16.3. The minimum absolute atomic E-state index is 0.434. The smallest absolute Gasteiger partial charge is 0.137 e.